The summed E-state index contributed by atoms with van der Waals surface area (Å²) in [7, 11) is 1.79. The number of ether oxygens (including phenoxy) is 1. The Hall–Kier alpha value is -1.94. The van der Waals surface area contributed by atoms with Crippen molar-refractivity contribution >= 4 is 17.7 Å². The second-order valence-corrected chi connectivity index (χ2v) is 5.58. The lowest BCUT2D eigenvalue weighted by molar-refractivity contribution is -0.132. The SMILES string of the molecule is CSc1ccc(CN(C)C(=O)COc2ccccc2)cc1. The van der Waals surface area contributed by atoms with Crippen molar-refractivity contribution in [3.63, 3.8) is 0 Å². The normalized spacial score (nSPS) is 10.2. The fourth-order valence-corrected chi connectivity index (χ4v) is 2.27. The molecule has 0 saturated carbocycles. The van der Waals surface area contributed by atoms with Gasteiger partial charge in [0.15, 0.2) is 6.61 Å². The van der Waals surface area contributed by atoms with Crippen LogP contribution in [0.2, 0.25) is 0 Å². The molecule has 2 aromatic rings. The van der Waals surface area contributed by atoms with E-state index in [0.29, 0.717) is 12.3 Å². The van der Waals surface area contributed by atoms with Gasteiger partial charge in [-0.25, -0.2) is 0 Å². The maximum atomic E-state index is 12.0. The van der Waals surface area contributed by atoms with E-state index in [1.807, 2.05) is 48.7 Å². The van der Waals surface area contributed by atoms with Crippen LogP contribution in [0.1, 0.15) is 5.56 Å². The van der Waals surface area contributed by atoms with Gasteiger partial charge in [-0.2, -0.15) is 0 Å². The van der Waals surface area contributed by atoms with E-state index >= 15 is 0 Å². The van der Waals surface area contributed by atoms with Gasteiger partial charge < -0.3 is 9.64 Å². The molecule has 0 saturated heterocycles. The van der Waals surface area contributed by atoms with Crippen molar-refractivity contribution < 1.29 is 9.53 Å². The predicted molar refractivity (Wildman–Crippen MR) is 86.6 cm³/mol. The quantitative estimate of drug-likeness (QED) is 0.765. The highest BCUT2D eigenvalue weighted by molar-refractivity contribution is 7.98. The molecular formula is C17H19NO2S. The number of hydrogen-bond acceptors (Lipinski definition) is 3. The largest absolute Gasteiger partial charge is 0.484 e. The summed E-state index contributed by atoms with van der Waals surface area (Å²) >= 11 is 1.71. The molecule has 0 unspecified atom stereocenters. The zero-order chi connectivity index (χ0) is 15.1. The highest BCUT2D eigenvalue weighted by atomic mass is 32.2. The van der Waals surface area contributed by atoms with Crippen molar-refractivity contribution in [2.75, 3.05) is 19.9 Å². The first-order valence-corrected chi connectivity index (χ1v) is 7.96. The van der Waals surface area contributed by atoms with Crippen LogP contribution in [0.5, 0.6) is 5.75 Å². The summed E-state index contributed by atoms with van der Waals surface area (Å²) in [4.78, 5) is 14.9. The average Bonchev–Trinajstić information content (AvgIpc) is 2.54. The van der Waals surface area contributed by atoms with E-state index in [9.17, 15) is 4.79 Å². The third-order valence-electron chi connectivity index (χ3n) is 3.11. The topological polar surface area (TPSA) is 29.5 Å². The van der Waals surface area contributed by atoms with Gasteiger partial charge in [-0.1, -0.05) is 30.3 Å². The molecule has 0 bridgehead atoms. The van der Waals surface area contributed by atoms with Crippen LogP contribution in [0.3, 0.4) is 0 Å². The molecule has 0 atom stereocenters. The molecule has 110 valence electrons. The summed E-state index contributed by atoms with van der Waals surface area (Å²) in [5.74, 6) is 0.677. The fraction of sp³-hybridized carbons (Fsp3) is 0.235. The lowest BCUT2D eigenvalue weighted by atomic mass is 10.2. The van der Waals surface area contributed by atoms with Crippen LogP contribution in [0, 0.1) is 0 Å². The molecule has 0 heterocycles. The van der Waals surface area contributed by atoms with E-state index in [0.717, 1.165) is 5.56 Å². The van der Waals surface area contributed by atoms with Crippen molar-refractivity contribution in [1.29, 1.82) is 0 Å². The number of carbonyl (C=O) groups is 1. The molecule has 0 aliphatic heterocycles. The first-order valence-electron chi connectivity index (χ1n) is 6.74. The zero-order valence-corrected chi connectivity index (χ0v) is 13.1. The van der Waals surface area contributed by atoms with Gasteiger partial charge in [0.2, 0.25) is 0 Å². The summed E-state index contributed by atoms with van der Waals surface area (Å²) in [6.45, 7) is 0.648. The van der Waals surface area contributed by atoms with Crippen molar-refractivity contribution in [2.24, 2.45) is 0 Å². The molecule has 2 rings (SSSR count). The van der Waals surface area contributed by atoms with Crippen LogP contribution in [0.15, 0.2) is 59.5 Å². The van der Waals surface area contributed by atoms with Crippen LogP contribution in [0.4, 0.5) is 0 Å². The summed E-state index contributed by atoms with van der Waals surface area (Å²) in [6.07, 6.45) is 2.05. The molecule has 0 fully saturated rings. The summed E-state index contributed by atoms with van der Waals surface area (Å²) in [5.41, 5.74) is 1.11. The summed E-state index contributed by atoms with van der Waals surface area (Å²) < 4.78 is 5.47. The third-order valence-corrected chi connectivity index (χ3v) is 3.85. The standard InChI is InChI=1S/C17H19NO2S/c1-18(12-14-8-10-16(21-2)11-9-14)17(19)13-20-15-6-4-3-5-7-15/h3-11H,12-13H2,1-2H3. The number of para-hydroxylation sites is 1. The number of rotatable bonds is 6. The van der Waals surface area contributed by atoms with E-state index in [2.05, 4.69) is 12.1 Å². The Morgan fingerprint density at radius 2 is 1.76 bits per heavy atom. The Labute approximate surface area is 129 Å². The van der Waals surface area contributed by atoms with Gasteiger partial charge in [0.1, 0.15) is 5.75 Å². The molecule has 21 heavy (non-hydrogen) atoms. The fourth-order valence-electron chi connectivity index (χ4n) is 1.86. The first kappa shape index (κ1) is 15.4. The lowest BCUT2D eigenvalue weighted by Crippen LogP contribution is -2.30. The highest BCUT2D eigenvalue weighted by Gasteiger charge is 2.10. The third kappa shape index (κ3) is 4.83. The van der Waals surface area contributed by atoms with Gasteiger partial charge in [0.25, 0.3) is 5.91 Å². The molecule has 4 heteroatoms. The zero-order valence-electron chi connectivity index (χ0n) is 12.3. The Kier molecular flexibility index (Phi) is 5.69. The lowest BCUT2D eigenvalue weighted by Gasteiger charge is -2.17. The Bertz CT molecular complexity index is 569. The van der Waals surface area contributed by atoms with E-state index < -0.39 is 0 Å². The number of carbonyl (C=O) groups excluding carboxylic acids is 1. The Morgan fingerprint density at radius 1 is 1.10 bits per heavy atom. The first-order chi connectivity index (χ1) is 10.2. The number of hydrogen-bond donors (Lipinski definition) is 0. The van der Waals surface area contributed by atoms with E-state index in [1.54, 1.807) is 23.7 Å². The van der Waals surface area contributed by atoms with Gasteiger partial charge in [0, 0.05) is 18.5 Å². The van der Waals surface area contributed by atoms with E-state index in [-0.39, 0.29) is 12.5 Å². The van der Waals surface area contributed by atoms with Crippen LogP contribution >= 0.6 is 11.8 Å². The number of likely N-dealkylation sites (N-methyl/N-ethyl adjacent to an activating group) is 1. The summed E-state index contributed by atoms with van der Waals surface area (Å²) in [5, 5.41) is 0. The molecule has 3 nitrogen and oxygen atoms in total. The minimum absolute atomic E-state index is 0.0344. The van der Waals surface area contributed by atoms with Crippen LogP contribution in [-0.2, 0) is 11.3 Å². The molecular weight excluding hydrogens is 282 g/mol. The van der Waals surface area contributed by atoms with Gasteiger partial charge in [0.05, 0.1) is 0 Å². The molecule has 1 amide bonds. The number of benzene rings is 2. The number of amides is 1. The van der Waals surface area contributed by atoms with Gasteiger partial charge in [-0.3, -0.25) is 4.79 Å². The molecule has 0 aromatic heterocycles. The molecule has 0 spiro atoms. The molecule has 0 N–H and O–H groups in total. The monoisotopic (exact) mass is 301 g/mol. The smallest absolute Gasteiger partial charge is 0.260 e. The van der Waals surface area contributed by atoms with E-state index in [4.69, 9.17) is 4.74 Å². The Morgan fingerprint density at radius 3 is 2.38 bits per heavy atom. The van der Waals surface area contributed by atoms with Crippen molar-refractivity contribution in [3.8, 4) is 5.75 Å². The summed E-state index contributed by atoms with van der Waals surface area (Å²) in [6, 6.07) is 17.6. The molecule has 2 aromatic carbocycles. The maximum absolute atomic E-state index is 12.0. The number of thioether (sulfide) groups is 1. The second-order valence-electron chi connectivity index (χ2n) is 4.70. The van der Waals surface area contributed by atoms with E-state index in [1.165, 1.54) is 4.90 Å². The van der Waals surface area contributed by atoms with Crippen molar-refractivity contribution in [3.05, 3.63) is 60.2 Å². The van der Waals surface area contributed by atoms with Crippen molar-refractivity contribution in [1.82, 2.24) is 4.90 Å². The highest BCUT2D eigenvalue weighted by Crippen LogP contribution is 2.15. The maximum Gasteiger partial charge on any atom is 0.260 e. The van der Waals surface area contributed by atoms with Crippen molar-refractivity contribution in [2.45, 2.75) is 11.4 Å². The van der Waals surface area contributed by atoms with Gasteiger partial charge in [-0.15, -0.1) is 11.8 Å². The minimum Gasteiger partial charge on any atom is -0.484 e. The molecule has 0 radical (unpaired) electrons. The Balaban J connectivity index is 1.84. The minimum atomic E-state index is -0.0344. The average molecular weight is 301 g/mol. The number of nitrogens with zero attached hydrogens (tertiary/aromatic N) is 1. The predicted octanol–water partition coefficient (Wildman–Crippen LogP) is 3.45. The van der Waals surface area contributed by atoms with Gasteiger partial charge in [-0.05, 0) is 36.1 Å². The molecule has 0 aliphatic carbocycles. The van der Waals surface area contributed by atoms with Crippen LogP contribution in [0.25, 0.3) is 0 Å². The van der Waals surface area contributed by atoms with Gasteiger partial charge >= 0.3 is 0 Å². The van der Waals surface area contributed by atoms with Crippen LogP contribution < -0.4 is 4.74 Å². The second kappa shape index (κ2) is 7.74. The molecule has 0 aliphatic rings. The van der Waals surface area contributed by atoms with Crippen LogP contribution in [-0.4, -0.2) is 30.7 Å².